The summed E-state index contributed by atoms with van der Waals surface area (Å²) in [5, 5.41) is 80.3. The van der Waals surface area contributed by atoms with E-state index in [-0.39, 0.29) is 0 Å². The second-order valence-electron chi connectivity index (χ2n) is 16.5. The summed E-state index contributed by atoms with van der Waals surface area (Å²) >= 11 is 23.2. The Kier molecular flexibility index (Phi) is 9.67. The van der Waals surface area contributed by atoms with Gasteiger partial charge in [0.15, 0.2) is 0 Å². The third kappa shape index (κ3) is 5.63. The first-order valence-corrected chi connectivity index (χ1v) is 25.2. The Balaban J connectivity index is 1.17. The molecule has 0 amide bonds. The highest BCUT2D eigenvalue weighted by atomic mass is 79.9. The summed E-state index contributed by atoms with van der Waals surface area (Å²) in [7, 11) is 0. The van der Waals surface area contributed by atoms with E-state index in [0.717, 1.165) is 71.8 Å². The molecule has 312 valence electrons. The summed E-state index contributed by atoms with van der Waals surface area (Å²) < 4.78 is 4.47. The second kappa shape index (κ2) is 15.4. The molecule has 0 heterocycles. The van der Waals surface area contributed by atoms with Crippen molar-refractivity contribution in [3.8, 4) is 36.4 Å². The van der Waals surface area contributed by atoms with Crippen molar-refractivity contribution in [2.75, 3.05) is 0 Å². The number of halogens is 6. The molecule has 0 saturated heterocycles. The van der Waals surface area contributed by atoms with Gasteiger partial charge < -0.3 is 0 Å². The number of nitriles is 6. The lowest BCUT2D eigenvalue weighted by atomic mass is 9.87. The fraction of sp³-hybridized carbons (Fsp3) is 0. The number of fused-ring (bicyclic) bond motifs is 11. The van der Waals surface area contributed by atoms with Crippen LogP contribution in [0.3, 0.4) is 0 Å². The molecule has 6 nitrogen and oxygen atoms in total. The largest absolute Gasteiger partial charge is 0.192 e. The van der Waals surface area contributed by atoms with E-state index in [0.29, 0.717) is 107 Å². The van der Waals surface area contributed by atoms with Crippen molar-refractivity contribution in [1.82, 2.24) is 0 Å². The fourth-order valence-corrected chi connectivity index (χ4v) is 14.1. The third-order valence-corrected chi connectivity index (χ3v) is 18.4. The van der Waals surface area contributed by atoms with Gasteiger partial charge in [-0.25, -0.2) is 0 Å². The first-order chi connectivity index (χ1) is 33.0. The van der Waals surface area contributed by atoms with Crippen LogP contribution in [0.25, 0.3) is 118 Å². The van der Waals surface area contributed by atoms with E-state index in [4.69, 9.17) is 0 Å². The predicted molar refractivity (Wildman–Crippen MR) is 293 cm³/mol. The molecule has 0 N–H and O–H groups in total. The highest BCUT2D eigenvalue weighted by molar-refractivity contribution is 9.11. The monoisotopic (exact) mass is 1250 g/mol. The van der Waals surface area contributed by atoms with Gasteiger partial charge in [0.1, 0.15) is 30.3 Å². The minimum atomic E-state index is 0.414. The third-order valence-electron chi connectivity index (χ3n) is 13.4. The van der Waals surface area contributed by atoms with Crippen LogP contribution in [0, 0.1) is 68.0 Å². The average molecular weight is 1250 g/mol. The van der Waals surface area contributed by atoms with Gasteiger partial charge in [0, 0.05) is 86.1 Å². The van der Waals surface area contributed by atoms with Crippen LogP contribution in [0.4, 0.5) is 0 Å². The van der Waals surface area contributed by atoms with Crippen LogP contribution in [0.5, 0.6) is 0 Å². The van der Waals surface area contributed by atoms with E-state index >= 15 is 0 Å². The summed E-state index contributed by atoms with van der Waals surface area (Å²) in [6.07, 6.45) is 0. The molecule has 12 heteroatoms. The standard InChI is InChI=1S/C56H16Br6N6/c57-51-6-5-23(17-63)26-7-37-27(8-36(26)51)47(19-65)30-11-41-31(12-40(30)53(37)59)49(21-67)34-15-45-35(16-44(34)55(41)61)50(22-68)33-14-42-32(13-43(33)56(45)62)48(20-66)29-10-38-28(9-39(29)54(42)60)46(18-64)24-3-1-2-4-25(24)52(38)58/h1-16H. The van der Waals surface area contributed by atoms with Crippen LogP contribution < -0.4 is 0 Å². The normalized spacial score (nSPS) is 11.6. The van der Waals surface area contributed by atoms with Gasteiger partial charge >= 0.3 is 0 Å². The summed E-state index contributed by atoms with van der Waals surface area (Å²) in [4.78, 5) is 0. The number of rotatable bonds is 0. The van der Waals surface area contributed by atoms with E-state index in [1.165, 1.54) is 0 Å². The van der Waals surface area contributed by atoms with Crippen LogP contribution in [0.1, 0.15) is 33.4 Å². The number of benzene rings is 12. The molecule has 0 aliphatic carbocycles. The van der Waals surface area contributed by atoms with Crippen molar-refractivity contribution in [2.45, 2.75) is 0 Å². The van der Waals surface area contributed by atoms with E-state index in [9.17, 15) is 31.6 Å². The lowest BCUT2D eigenvalue weighted by molar-refractivity contribution is 1.50. The van der Waals surface area contributed by atoms with Gasteiger partial charge in [-0.1, -0.05) is 40.2 Å². The lowest BCUT2D eigenvalue weighted by Crippen LogP contribution is -1.95. The molecule has 12 aromatic rings. The van der Waals surface area contributed by atoms with Gasteiger partial charge in [0.2, 0.25) is 0 Å². The molecule has 0 saturated carbocycles. The average Bonchev–Trinajstić information content (AvgIpc) is 3.36. The minimum Gasteiger partial charge on any atom is -0.192 e. The van der Waals surface area contributed by atoms with Crippen LogP contribution in [-0.4, -0.2) is 0 Å². The Morgan fingerprint density at radius 1 is 0.235 bits per heavy atom. The summed E-state index contributed by atoms with van der Waals surface area (Å²) in [6, 6.07) is 45.5. The Labute approximate surface area is 435 Å². The Morgan fingerprint density at radius 3 is 0.779 bits per heavy atom. The maximum absolute atomic E-state index is 11.1. The molecule has 0 bridgehead atoms. The van der Waals surface area contributed by atoms with Crippen molar-refractivity contribution in [3.63, 3.8) is 0 Å². The molecule has 0 aromatic heterocycles. The smallest absolute Gasteiger partial charge is 0.100 e. The topological polar surface area (TPSA) is 143 Å². The molecule has 0 radical (unpaired) electrons. The predicted octanol–water partition coefficient (Wildman–Crippen LogP) is 18.2. The SMILES string of the molecule is N#Cc1ccc(Br)c2cc3c(C#N)c4cc5c(Br)c6cc7c(C#N)c8cc9c(Br)c%10cc%11c(C#N)c%12ccccc%12c(Br)c%11cc%10c(C#N)c9cc8c(Br)c7cc6c(C#N)c5cc4c(Br)c3cc12. The molecule has 0 atom stereocenters. The first kappa shape index (κ1) is 42.7. The van der Waals surface area contributed by atoms with Crippen LogP contribution >= 0.6 is 95.6 Å². The Bertz CT molecular complexity index is 4830. The molecule has 0 spiro atoms. The molecule has 0 fully saturated rings. The van der Waals surface area contributed by atoms with E-state index < -0.39 is 0 Å². The zero-order valence-corrected chi connectivity index (χ0v) is 43.7. The first-order valence-electron chi connectivity index (χ1n) is 20.5. The van der Waals surface area contributed by atoms with Gasteiger partial charge in [0.05, 0.1) is 39.4 Å². The molecule has 12 rings (SSSR count). The van der Waals surface area contributed by atoms with Crippen molar-refractivity contribution in [1.29, 1.82) is 31.6 Å². The lowest BCUT2D eigenvalue weighted by Gasteiger charge is -2.18. The zero-order valence-electron chi connectivity index (χ0n) is 34.2. The molecule has 0 unspecified atom stereocenters. The van der Waals surface area contributed by atoms with Crippen molar-refractivity contribution >= 4 is 214 Å². The van der Waals surface area contributed by atoms with Crippen LogP contribution in [0.2, 0.25) is 0 Å². The Hall–Kier alpha value is -6.68. The number of hydrogen-bond acceptors (Lipinski definition) is 6. The van der Waals surface area contributed by atoms with Crippen molar-refractivity contribution in [3.05, 3.63) is 157 Å². The van der Waals surface area contributed by atoms with Crippen molar-refractivity contribution < 1.29 is 0 Å². The second-order valence-corrected chi connectivity index (χ2v) is 21.3. The highest BCUT2D eigenvalue weighted by Crippen LogP contribution is 2.49. The molecular weight excluding hydrogens is 1240 g/mol. The number of hydrogen-bond donors (Lipinski definition) is 0. The quantitative estimate of drug-likeness (QED) is 0.138. The molecule has 0 aliphatic rings. The van der Waals surface area contributed by atoms with Gasteiger partial charge in [-0.2, -0.15) is 31.6 Å². The van der Waals surface area contributed by atoms with Crippen molar-refractivity contribution in [2.24, 2.45) is 0 Å². The van der Waals surface area contributed by atoms with Crippen LogP contribution in [0.15, 0.2) is 124 Å². The Morgan fingerprint density at radius 2 is 0.485 bits per heavy atom. The zero-order chi connectivity index (χ0) is 47.2. The summed E-state index contributed by atoms with van der Waals surface area (Å²) in [5.41, 5.74) is 2.78. The highest BCUT2D eigenvalue weighted by Gasteiger charge is 2.24. The van der Waals surface area contributed by atoms with E-state index in [2.05, 4.69) is 132 Å². The van der Waals surface area contributed by atoms with Gasteiger partial charge in [-0.05, 0) is 212 Å². The number of nitrogens with zero attached hydrogens (tertiary/aromatic N) is 6. The molecule has 68 heavy (non-hydrogen) atoms. The maximum Gasteiger partial charge on any atom is 0.100 e. The summed E-state index contributed by atoms with van der Waals surface area (Å²) in [5.74, 6) is 0. The fourth-order valence-electron chi connectivity index (χ4n) is 10.3. The van der Waals surface area contributed by atoms with Gasteiger partial charge in [-0.15, -0.1) is 0 Å². The molecular formula is C56H16Br6N6. The van der Waals surface area contributed by atoms with Crippen LogP contribution in [-0.2, 0) is 0 Å². The minimum absolute atomic E-state index is 0.414. The maximum atomic E-state index is 11.1. The van der Waals surface area contributed by atoms with Gasteiger partial charge in [-0.3, -0.25) is 0 Å². The molecule has 12 aromatic carbocycles. The van der Waals surface area contributed by atoms with Gasteiger partial charge in [0.25, 0.3) is 0 Å². The molecule has 0 aliphatic heterocycles. The summed E-state index contributed by atoms with van der Waals surface area (Å²) in [6.45, 7) is 0. The van der Waals surface area contributed by atoms with E-state index in [1.54, 1.807) is 6.07 Å². The van der Waals surface area contributed by atoms with E-state index in [1.807, 2.05) is 91.0 Å².